The Bertz CT molecular complexity index is 654. The van der Waals surface area contributed by atoms with Crippen LogP contribution in [0.25, 0.3) is 0 Å². The molecule has 0 saturated carbocycles. The number of nitrogens with one attached hydrogen (secondary N) is 2. The Balaban J connectivity index is 0.00000338. The van der Waals surface area contributed by atoms with Gasteiger partial charge in [0.2, 0.25) is 0 Å². The maximum atomic E-state index is 4.31. The second-order valence-corrected chi connectivity index (χ2v) is 6.40. The predicted octanol–water partition coefficient (Wildman–Crippen LogP) is 2.55. The van der Waals surface area contributed by atoms with Crippen LogP contribution in [0.1, 0.15) is 25.0 Å². The normalized spacial score (nSPS) is 11.5. The maximum absolute atomic E-state index is 4.31. The van der Waals surface area contributed by atoms with Gasteiger partial charge >= 0.3 is 0 Å². The van der Waals surface area contributed by atoms with Crippen molar-refractivity contribution in [3.05, 3.63) is 53.9 Å². The first-order chi connectivity index (χ1) is 12.1. The van der Waals surface area contributed by atoms with Crippen molar-refractivity contribution in [3.63, 3.8) is 0 Å². The lowest BCUT2D eigenvalue weighted by atomic mass is 10.1. The van der Waals surface area contributed by atoms with E-state index in [1.165, 1.54) is 11.1 Å². The van der Waals surface area contributed by atoms with Gasteiger partial charge in [0.1, 0.15) is 0 Å². The standard InChI is InChI=1S/C19H30N6.HI/c1-16(2)24(4)13-11-21-19(20-3)22-14-17-8-5-6-9-18(17)15-25-12-7-10-23-25;/h5-10,12,16H,11,13-15H2,1-4H3,(H2,20,21,22);1H. The lowest BCUT2D eigenvalue weighted by molar-refractivity contribution is 0.278. The number of nitrogens with zero attached hydrogens (tertiary/aromatic N) is 4. The Morgan fingerprint density at radius 2 is 1.92 bits per heavy atom. The number of hydrogen-bond acceptors (Lipinski definition) is 3. The van der Waals surface area contributed by atoms with Crippen LogP contribution in [0.15, 0.2) is 47.7 Å². The molecule has 6 nitrogen and oxygen atoms in total. The van der Waals surface area contributed by atoms with Crippen LogP contribution in [0.2, 0.25) is 0 Å². The van der Waals surface area contributed by atoms with Crippen LogP contribution in [-0.2, 0) is 13.1 Å². The molecule has 7 heteroatoms. The summed E-state index contributed by atoms with van der Waals surface area (Å²) in [5.41, 5.74) is 2.51. The summed E-state index contributed by atoms with van der Waals surface area (Å²) < 4.78 is 1.94. The van der Waals surface area contributed by atoms with Crippen LogP contribution < -0.4 is 10.6 Å². The van der Waals surface area contributed by atoms with E-state index in [1.54, 1.807) is 13.2 Å². The molecule has 0 bridgehead atoms. The monoisotopic (exact) mass is 470 g/mol. The van der Waals surface area contributed by atoms with Crippen molar-refractivity contribution in [3.8, 4) is 0 Å². The Hall–Kier alpha value is -1.61. The van der Waals surface area contributed by atoms with Crippen molar-refractivity contribution in [2.75, 3.05) is 27.2 Å². The zero-order valence-electron chi connectivity index (χ0n) is 16.1. The largest absolute Gasteiger partial charge is 0.355 e. The molecule has 2 rings (SSSR count). The first-order valence-electron chi connectivity index (χ1n) is 8.79. The molecule has 0 aliphatic heterocycles. The van der Waals surface area contributed by atoms with E-state index in [1.807, 2.05) is 16.9 Å². The summed E-state index contributed by atoms with van der Waals surface area (Å²) in [6.45, 7) is 7.75. The smallest absolute Gasteiger partial charge is 0.191 e. The average molecular weight is 470 g/mol. The van der Waals surface area contributed by atoms with Crippen molar-refractivity contribution in [1.82, 2.24) is 25.3 Å². The molecule has 1 heterocycles. The molecule has 1 aromatic heterocycles. The summed E-state index contributed by atoms with van der Waals surface area (Å²) >= 11 is 0. The molecule has 144 valence electrons. The third-order valence-electron chi connectivity index (χ3n) is 4.32. The van der Waals surface area contributed by atoms with E-state index in [0.29, 0.717) is 6.04 Å². The Kier molecular flexibility index (Phi) is 10.3. The van der Waals surface area contributed by atoms with E-state index in [0.717, 1.165) is 32.1 Å². The van der Waals surface area contributed by atoms with Gasteiger partial charge in [-0.15, -0.1) is 24.0 Å². The summed E-state index contributed by atoms with van der Waals surface area (Å²) in [7, 11) is 3.94. The minimum atomic E-state index is 0. The molecule has 0 unspecified atom stereocenters. The second-order valence-electron chi connectivity index (χ2n) is 6.40. The highest BCUT2D eigenvalue weighted by Crippen LogP contribution is 2.10. The van der Waals surface area contributed by atoms with E-state index in [-0.39, 0.29) is 24.0 Å². The van der Waals surface area contributed by atoms with Crippen LogP contribution in [0.5, 0.6) is 0 Å². The highest BCUT2D eigenvalue weighted by Gasteiger charge is 2.06. The molecule has 0 radical (unpaired) electrons. The van der Waals surface area contributed by atoms with E-state index in [4.69, 9.17) is 0 Å². The molecule has 1 aromatic carbocycles. The molecule has 26 heavy (non-hydrogen) atoms. The molecule has 0 saturated heterocycles. The first-order valence-corrected chi connectivity index (χ1v) is 8.79. The number of rotatable bonds is 8. The molecule has 0 atom stereocenters. The quantitative estimate of drug-likeness (QED) is 0.354. The predicted molar refractivity (Wildman–Crippen MR) is 119 cm³/mol. The Labute approximate surface area is 174 Å². The third-order valence-corrected chi connectivity index (χ3v) is 4.32. The molecule has 0 fully saturated rings. The van der Waals surface area contributed by atoms with Gasteiger partial charge in [0.15, 0.2) is 5.96 Å². The zero-order valence-corrected chi connectivity index (χ0v) is 18.5. The summed E-state index contributed by atoms with van der Waals surface area (Å²) in [6.07, 6.45) is 3.79. The van der Waals surface area contributed by atoms with Gasteiger partial charge < -0.3 is 15.5 Å². The minimum absolute atomic E-state index is 0. The van der Waals surface area contributed by atoms with Crippen LogP contribution in [0.4, 0.5) is 0 Å². The molecule has 0 spiro atoms. The van der Waals surface area contributed by atoms with Gasteiger partial charge in [-0.3, -0.25) is 9.67 Å². The topological polar surface area (TPSA) is 57.5 Å². The van der Waals surface area contributed by atoms with Crippen LogP contribution >= 0.6 is 24.0 Å². The van der Waals surface area contributed by atoms with Gasteiger partial charge in [0.05, 0.1) is 6.54 Å². The van der Waals surface area contributed by atoms with Crippen molar-refractivity contribution in [2.45, 2.75) is 33.0 Å². The number of guanidine groups is 1. The van der Waals surface area contributed by atoms with Gasteiger partial charge in [-0.2, -0.15) is 5.10 Å². The molecule has 2 aromatic rings. The third kappa shape index (κ3) is 7.33. The molecular formula is C19H31IN6. The lowest BCUT2D eigenvalue weighted by Gasteiger charge is -2.21. The summed E-state index contributed by atoms with van der Waals surface area (Å²) in [5, 5.41) is 11.1. The van der Waals surface area contributed by atoms with Crippen molar-refractivity contribution in [2.24, 2.45) is 4.99 Å². The average Bonchev–Trinajstić information content (AvgIpc) is 3.11. The molecular weight excluding hydrogens is 439 g/mol. The van der Waals surface area contributed by atoms with E-state index in [9.17, 15) is 0 Å². The Morgan fingerprint density at radius 3 is 2.54 bits per heavy atom. The minimum Gasteiger partial charge on any atom is -0.355 e. The summed E-state index contributed by atoms with van der Waals surface area (Å²) in [4.78, 5) is 6.61. The number of halogens is 1. The summed E-state index contributed by atoms with van der Waals surface area (Å²) in [6, 6.07) is 10.9. The number of hydrogen-bond donors (Lipinski definition) is 2. The van der Waals surface area contributed by atoms with E-state index >= 15 is 0 Å². The van der Waals surface area contributed by atoms with Crippen LogP contribution in [-0.4, -0.2) is 53.9 Å². The fourth-order valence-corrected chi connectivity index (χ4v) is 2.46. The van der Waals surface area contributed by atoms with Gasteiger partial charge in [-0.25, -0.2) is 0 Å². The van der Waals surface area contributed by atoms with Crippen molar-refractivity contribution >= 4 is 29.9 Å². The maximum Gasteiger partial charge on any atom is 0.191 e. The number of aliphatic imine (C=N–C) groups is 1. The number of aromatic nitrogens is 2. The second kappa shape index (κ2) is 11.9. The molecule has 2 N–H and O–H groups in total. The summed E-state index contributed by atoms with van der Waals surface area (Å²) in [5.74, 6) is 0.825. The van der Waals surface area contributed by atoms with E-state index in [2.05, 4.69) is 70.8 Å². The molecule has 0 amide bonds. The van der Waals surface area contributed by atoms with Gasteiger partial charge in [-0.1, -0.05) is 24.3 Å². The van der Waals surface area contributed by atoms with Crippen LogP contribution in [0, 0.1) is 0 Å². The first kappa shape index (κ1) is 22.4. The zero-order chi connectivity index (χ0) is 18.1. The van der Waals surface area contributed by atoms with Gasteiger partial charge in [0.25, 0.3) is 0 Å². The van der Waals surface area contributed by atoms with Gasteiger partial charge in [-0.05, 0) is 38.1 Å². The molecule has 0 aliphatic rings. The number of benzene rings is 1. The fraction of sp³-hybridized carbons (Fsp3) is 0.474. The van der Waals surface area contributed by atoms with E-state index < -0.39 is 0 Å². The number of likely N-dealkylation sites (N-methyl/N-ethyl adjacent to an activating group) is 1. The van der Waals surface area contributed by atoms with Crippen molar-refractivity contribution in [1.29, 1.82) is 0 Å². The SMILES string of the molecule is CN=C(NCCN(C)C(C)C)NCc1ccccc1Cn1cccn1.I. The Morgan fingerprint density at radius 1 is 1.19 bits per heavy atom. The highest BCUT2D eigenvalue weighted by atomic mass is 127. The van der Waals surface area contributed by atoms with Crippen LogP contribution in [0.3, 0.4) is 0 Å². The van der Waals surface area contributed by atoms with Gasteiger partial charge in [0, 0.05) is 45.1 Å². The van der Waals surface area contributed by atoms with Crippen molar-refractivity contribution < 1.29 is 0 Å². The molecule has 0 aliphatic carbocycles. The highest BCUT2D eigenvalue weighted by molar-refractivity contribution is 14.0. The fourth-order valence-electron chi connectivity index (χ4n) is 2.46. The lowest BCUT2D eigenvalue weighted by Crippen LogP contribution is -2.41.